The average molecular weight is 2050 g/mol. The highest BCUT2D eigenvalue weighted by Gasteiger charge is 2.35. The maximum atomic E-state index is 12.9. The summed E-state index contributed by atoms with van der Waals surface area (Å²) >= 11 is 0. The van der Waals surface area contributed by atoms with E-state index in [9.17, 15) is 9.59 Å². The van der Waals surface area contributed by atoms with E-state index < -0.39 is 5.41 Å². The Morgan fingerprint density at radius 2 is 0.421 bits per heavy atom. The van der Waals surface area contributed by atoms with Crippen LogP contribution in [0.4, 0.5) is 0 Å². The second-order valence-electron chi connectivity index (χ2n) is 54.7. The van der Waals surface area contributed by atoms with E-state index in [1.54, 1.807) is 0 Å². The molecule has 145 heavy (non-hydrogen) atoms. The van der Waals surface area contributed by atoms with E-state index >= 15 is 0 Å². The lowest BCUT2D eigenvalue weighted by molar-refractivity contribution is -0.954. The summed E-state index contributed by atoms with van der Waals surface area (Å²) in [6.45, 7) is 56.7. The smallest absolute Gasteiger partial charge is 0.315 e. The molecule has 14 nitrogen and oxygen atoms in total. The van der Waals surface area contributed by atoms with Crippen LogP contribution in [0.15, 0.2) is 48.5 Å². The molecule has 0 aliphatic heterocycles. The minimum absolute atomic E-state index is 0.0431. The van der Waals surface area contributed by atoms with E-state index in [0.29, 0.717) is 25.3 Å². The van der Waals surface area contributed by atoms with Gasteiger partial charge in [0.15, 0.2) is 0 Å². The van der Waals surface area contributed by atoms with Gasteiger partial charge in [-0.3, -0.25) is 18.6 Å². The van der Waals surface area contributed by atoms with Crippen LogP contribution in [-0.4, -0.2) is 315 Å². The van der Waals surface area contributed by atoms with E-state index in [2.05, 4.69) is 252 Å². The minimum Gasteiger partial charge on any atom is -0.415 e. The SMILES string of the molecule is CCCCCCCCCCCC[N+](C)(C)CCC[N+](C)(CCC[N+](C)(C)C)Cc1ccc(C(C)CC)cc1.CCCCCCCCCCCC[N+](C)(C)CCC[N+](C)(CCC[N+](C)(C)CCCCCCCCCCCC)COC(=O)C(C)(C)CC.CCCCCCCCCCCC[N+](C)(C)CC[N+](C)(C)COC(=O)C(C)(C)CC.CCCCCCCCCCCC[N+](C)(C)CC[N+](C)(C)Cc1ccc(C(C)CC)cc1. The summed E-state index contributed by atoms with van der Waals surface area (Å²) in [7, 11) is 45.0. The van der Waals surface area contributed by atoms with Crippen LogP contribution in [0.25, 0.3) is 0 Å². The number of hydrogen-bond acceptors (Lipinski definition) is 4. The predicted molar refractivity (Wildman–Crippen MR) is 643 cm³/mol. The maximum absolute atomic E-state index is 12.9. The second-order valence-corrected chi connectivity index (χ2v) is 54.7. The largest absolute Gasteiger partial charge is 0.415 e. The van der Waals surface area contributed by atoms with Crippen LogP contribution < -0.4 is 0 Å². The number of hydrogen-bond donors (Lipinski definition) is 0. The molecule has 2 aromatic carbocycles. The summed E-state index contributed by atoms with van der Waals surface area (Å²) in [5, 5.41) is 0. The third-order valence-electron chi connectivity index (χ3n) is 33.5. The number of benzene rings is 2. The molecule has 0 radical (unpaired) electrons. The van der Waals surface area contributed by atoms with Crippen molar-refractivity contribution in [1.29, 1.82) is 0 Å². The van der Waals surface area contributed by atoms with Crippen molar-refractivity contribution in [2.45, 2.75) is 501 Å². The van der Waals surface area contributed by atoms with Gasteiger partial charge in [-0.25, -0.2) is 0 Å². The zero-order valence-electron chi connectivity index (χ0n) is 106. The molecule has 0 fully saturated rings. The van der Waals surface area contributed by atoms with Crippen molar-refractivity contribution in [3.63, 3.8) is 0 Å². The van der Waals surface area contributed by atoms with E-state index in [-0.39, 0.29) is 17.4 Å². The monoisotopic (exact) mass is 2050 g/mol. The van der Waals surface area contributed by atoms with Gasteiger partial charge in [0.25, 0.3) is 0 Å². The molecule has 3 unspecified atom stereocenters. The van der Waals surface area contributed by atoms with Gasteiger partial charge in [0.05, 0.1) is 230 Å². The summed E-state index contributed by atoms with van der Waals surface area (Å²) < 4.78 is 22.1. The fourth-order valence-electron chi connectivity index (χ4n) is 20.4. The number of likely N-dealkylation sites (N-methyl/N-ethyl adjacent to an activating group) is 4. The third-order valence-corrected chi connectivity index (χ3v) is 33.5. The van der Waals surface area contributed by atoms with Crippen LogP contribution in [0, 0.1) is 10.8 Å². The molecule has 2 rings (SSSR count). The number of rotatable bonds is 93. The Kier molecular flexibility index (Phi) is 82.8. The topological polar surface area (TPSA) is 52.6 Å². The van der Waals surface area contributed by atoms with Crippen molar-refractivity contribution in [1.82, 2.24) is 0 Å². The summed E-state index contributed by atoms with van der Waals surface area (Å²) in [4.78, 5) is 25.1. The molecule has 858 valence electrons. The first-order valence-electron chi connectivity index (χ1n) is 63.0. The first-order valence-corrected chi connectivity index (χ1v) is 63.0. The molecule has 0 saturated heterocycles. The minimum atomic E-state index is -0.410. The predicted octanol–water partition coefficient (Wildman–Crippen LogP) is 33.5. The van der Waals surface area contributed by atoms with E-state index in [1.165, 1.54) is 476 Å². The number of ether oxygens (including phenoxy) is 2. The molecule has 0 aliphatic rings. The molecule has 0 amide bonds. The van der Waals surface area contributed by atoms with Gasteiger partial charge in [-0.05, 0) is 141 Å². The number of carbonyl (C=O) groups excluding carboxylic acids is 2. The fourth-order valence-corrected chi connectivity index (χ4v) is 20.4. The van der Waals surface area contributed by atoms with Crippen LogP contribution in [-0.2, 0) is 32.2 Å². The Balaban J connectivity index is 0. The fraction of sp³-hybridized carbons (Fsp3) is 0.893. The molecule has 14 heteroatoms. The zero-order valence-corrected chi connectivity index (χ0v) is 106. The van der Waals surface area contributed by atoms with Gasteiger partial charge in [0.2, 0.25) is 13.5 Å². The number of nitrogens with zero attached hydrogens (tertiary/aromatic N) is 10. The van der Waals surface area contributed by atoms with Crippen LogP contribution in [0.3, 0.4) is 0 Å². The summed E-state index contributed by atoms with van der Waals surface area (Å²) in [6.07, 6.45) is 79.4. The average Bonchev–Trinajstić information content (AvgIpc) is 0.856. The lowest BCUT2D eigenvalue weighted by Gasteiger charge is -2.37. The quantitative estimate of drug-likeness (QED) is 0.0287. The molecule has 0 N–H and O–H groups in total. The van der Waals surface area contributed by atoms with Crippen LogP contribution in [0.2, 0.25) is 0 Å². The molecular weight excluding hydrogens is 1780 g/mol. The van der Waals surface area contributed by atoms with Crippen molar-refractivity contribution in [3.05, 3.63) is 70.8 Å². The highest BCUT2D eigenvalue weighted by molar-refractivity contribution is 5.76. The Morgan fingerprint density at radius 1 is 0.221 bits per heavy atom. The van der Waals surface area contributed by atoms with Crippen molar-refractivity contribution in [3.8, 4) is 0 Å². The van der Waals surface area contributed by atoms with Crippen LogP contribution in [0.5, 0.6) is 0 Å². The van der Waals surface area contributed by atoms with E-state index in [1.807, 2.05) is 34.6 Å². The summed E-state index contributed by atoms with van der Waals surface area (Å²) in [5.74, 6) is 1.20. The molecular formula is C131H270N10O4+10. The molecule has 0 bridgehead atoms. The van der Waals surface area contributed by atoms with Gasteiger partial charge < -0.3 is 45.3 Å². The van der Waals surface area contributed by atoms with Gasteiger partial charge in [0.1, 0.15) is 39.3 Å². The van der Waals surface area contributed by atoms with E-state index in [4.69, 9.17) is 9.47 Å². The molecule has 0 heterocycles. The highest BCUT2D eigenvalue weighted by atomic mass is 16.6. The van der Waals surface area contributed by atoms with Crippen molar-refractivity contribution < 1.29 is 63.9 Å². The maximum Gasteiger partial charge on any atom is 0.315 e. The van der Waals surface area contributed by atoms with Gasteiger partial charge in [-0.15, -0.1) is 0 Å². The van der Waals surface area contributed by atoms with Gasteiger partial charge in [-0.1, -0.05) is 382 Å². The number of quaternary nitrogens is 10. The highest BCUT2D eigenvalue weighted by Crippen LogP contribution is 2.29. The molecule has 3 atom stereocenters. The molecule has 2 aromatic rings. The molecule has 0 spiro atoms. The molecule has 0 saturated carbocycles. The summed E-state index contributed by atoms with van der Waals surface area (Å²) in [6, 6.07) is 19.0. The van der Waals surface area contributed by atoms with Crippen LogP contribution in [0.1, 0.15) is 510 Å². The number of carbonyl (C=O) groups is 2. The molecule has 0 aliphatic carbocycles. The van der Waals surface area contributed by atoms with Gasteiger partial charge in [0, 0.05) is 36.8 Å². The Hall–Kier alpha value is -3.02. The van der Waals surface area contributed by atoms with E-state index in [0.717, 1.165) is 88.0 Å². The van der Waals surface area contributed by atoms with Crippen molar-refractivity contribution in [2.75, 3.05) is 259 Å². The molecule has 0 aromatic heterocycles. The Morgan fingerprint density at radius 3 is 0.662 bits per heavy atom. The Labute approximate surface area is 911 Å². The zero-order chi connectivity index (χ0) is 110. The summed E-state index contributed by atoms with van der Waals surface area (Å²) in [5.41, 5.74) is 5.14. The lowest BCUT2D eigenvalue weighted by Crippen LogP contribution is -2.52. The van der Waals surface area contributed by atoms with Gasteiger partial charge >= 0.3 is 11.9 Å². The standard InChI is InChI=1S/C42H90N3O2.C35H70N3.C29H56N2.C25H54N2O2/c1-11-14-16-18-20-22-24-26-28-30-34-43(6,7)36-32-38-45(10,40-47-41(46)42(4,5)13-3)39-33-37-44(8,9)35-31-29-27-25-23-21-19-17-15-12-2;1-10-12-13-14-15-16-17-18-19-20-28-37(7,8)29-22-31-38(9,30-21-27-36(4,5)6)32-34-23-25-35(26-24-34)33(3)11-2;1-8-10-11-12-13-14-15-16-17-18-23-30(4,5)24-25-31(6,7)26-28-19-21-29(22-20-28)27(3)9-2;1-9-11-12-13-14-15-16-17-18-19-20-26(5,6)21-22-27(7,8)23-29-24(28)25(3,4)10-2/h11-40H2,1-10H3;23-26,33H,10-22,27-32H2,1-9H3;19-22,27H,8-18,23-26H2,1-7H3;9-23H2,1-8H3/q2*+3;2*+2. The van der Waals surface area contributed by atoms with Gasteiger partial charge in [-0.2, -0.15) is 0 Å². The van der Waals surface area contributed by atoms with Crippen molar-refractivity contribution >= 4 is 11.9 Å². The Bertz CT molecular complexity index is 3240. The number of esters is 2. The van der Waals surface area contributed by atoms with Crippen molar-refractivity contribution in [2.24, 2.45) is 10.8 Å². The second kappa shape index (κ2) is 83.4. The van der Waals surface area contributed by atoms with Crippen LogP contribution >= 0.6 is 0 Å². The first kappa shape index (κ1) is 144. The first-order chi connectivity index (χ1) is 68.3. The third kappa shape index (κ3) is 84.1. The normalized spacial score (nSPS) is 13.6. The number of unbranched alkanes of at least 4 members (excludes halogenated alkanes) is 45. The lowest BCUT2D eigenvalue weighted by atomic mass is 9.91.